The van der Waals surface area contributed by atoms with Crippen molar-refractivity contribution in [1.29, 1.82) is 5.41 Å². The van der Waals surface area contributed by atoms with Gasteiger partial charge in [-0.15, -0.1) is 0 Å². The van der Waals surface area contributed by atoms with E-state index in [9.17, 15) is 14.7 Å². The minimum atomic E-state index is -1.07. The Bertz CT molecular complexity index is 1080. The number of amides is 1. The molecule has 1 aromatic heterocycles. The van der Waals surface area contributed by atoms with Crippen LogP contribution in [0.15, 0.2) is 36.4 Å². The zero-order chi connectivity index (χ0) is 26.3. The molecule has 1 fully saturated rings. The van der Waals surface area contributed by atoms with E-state index in [4.69, 9.17) is 15.1 Å². The third-order valence-corrected chi connectivity index (χ3v) is 5.75. The Hall–Kier alpha value is -3.66. The van der Waals surface area contributed by atoms with Crippen LogP contribution in [-0.2, 0) is 9.53 Å². The molecule has 0 saturated carbocycles. The number of aliphatic carboxylic acids is 1. The highest BCUT2D eigenvalue weighted by atomic mass is 16.6. The fourth-order valence-electron chi connectivity index (χ4n) is 4.15. The van der Waals surface area contributed by atoms with Crippen LogP contribution in [0.3, 0.4) is 0 Å². The molecule has 194 valence electrons. The number of carbonyl (C=O) groups is 2. The summed E-state index contributed by atoms with van der Waals surface area (Å²) in [6, 6.07) is 10.1. The van der Waals surface area contributed by atoms with Crippen LogP contribution in [0.5, 0.6) is 0 Å². The summed E-state index contributed by atoms with van der Waals surface area (Å²) in [5.74, 6) is -0.488. The maximum atomic E-state index is 12.6. The summed E-state index contributed by atoms with van der Waals surface area (Å²) in [7, 11) is 1.91. The van der Waals surface area contributed by atoms with E-state index < -0.39 is 23.7 Å². The van der Waals surface area contributed by atoms with Crippen molar-refractivity contribution >= 4 is 29.8 Å². The van der Waals surface area contributed by atoms with E-state index in [2.05, 4.69) is 16.0 Å². The van der Waals surface area contributed by atoms with Crippen molar-refractivity contribution in [2.75, 3.05) is 37.3 Å². The molecule has 1 saturated heterocycles. The molecule has 3 rings (SSSR count). The van der Waals surface area contributed by atoms with Gasteiger partial charge in [0.25, 0.3) is 0 Å². The van der Waals surface area contributed by atoms with Gasteiger partial charge >= 0.3 is 12.1 Å². The summed E-state index contributed by atoms with van der Waals surface area (Å²) >= 11 is 0. The summed E-state index contributed by atoms with van der Waals surface area (Å²) in [6.07, 6.45) is 1.85. The van der Waals surface area contributed by atoms with Gasteiger partial charge in [0.15, 0.2) is 0 Å². The number of nitrogens with one attached hydrogen (secondary N) is 4. The molecular weight excluding hydrogens is 460 g/mol. The molecular formula is C26H36N6O4. The van der Waals surface area contributed by atoms with E-state index in [-0.39, 0.29) is 19.0 Å². The van der Waals surface area contributed by atoms with Gasteiger partial charge in [0, 0.05) is 42.9 Å². The number of benzene rings is 1. The molecule has 5 N–H and O–H groups in total. The highest BCUT2D eigenvalue weighted by Crippen LogP contribution is 2.31. The Morgan fingerprint density at radius 3 is 2.64 bits per heavy atom. The van der Waals surface area contributed by atoms with Crippen molar-refractivity contribution in [3.63, 3.8) is 0 Å². The van der Waals surface area contributed by atoms with Crippen LogP contribution in [-0.4, -0.2) is 77.6 Å². The third-order valence-electron chi connectivity index (χ3n) is 5.75. The minimum absolute atomic E-state index is 0.194. The first-order valence-corrected chi connectivity index (χ1v) is 12.1. The van der Waals surface area contributed by atoms with Crippen molar-refractivity contribution in [2.24, 2.45) is 0 Å². The van der Waals surface area contributed by atoms with Crippen LogP contribution in [0.25, 0.3) is 11.3 Å². The number of nitrogens with zero attached hydrogens (tertiary/aromatic N) is 2. The lowest BCUT2D eigenvalue weighted by atomic mass is 10.0. The molecule has 1 amide bonds. The summed E-state index contributed by atoms with van der Waals surface area (Å²) in [5, 5.41) is 27.3. The predicted molar refractivity (Wildman–Crippen MR) is 141 cm³/mol. The smallest absolute Gasteiger partial charge is 0.411 e. The fourth-order valence-corrected chi connectivity index (χ4v) is 4.15. The average molecular weight is 497 g/mol. The Morgan fingerprint density at radius 1 is 1.22 bits per heavy atom. The second-order valence-corrected chi connectivity index (χ2v) is 9.77. The molecule has 10 heteroatoms. The molecule has 1 aromatic carbocycles. The second-order valence-electron chi connectivity index (χ2n) is 9.77. The highest BCUT2D eigenvalue weighted by molar-refractivity contribution is 5.93. The maximum Gasteiger partial charge on any atom is 0.411 e. The Kier molecular flexibility index (Phi) is 8.87. The molecule has 0 bridgehead atoms. The first kappa shape index (κ1) is 26.9. The van der Waals surface area contributed by atoms with Crippen molar-refractivity contribution in [3.8, 4) is 11.3 Å². The van der Waals surface area contributed by atoms with Gasteiger partial charge in [0.2, 0.25) is 0 Å². The molecule has 1 aliphatic heterocycles. The fraction of sp³-hybridized carbons (Fsp3) is 0.462. The van der Waals surface area contributed by atoms with Crippen LogP contribution in [0.1, 0.15) is 39.2 Å². The number of carbonyl (C=O) groups excluding carboxylic acids is 1. The number of carboxylic acid groups (broad SMARTS) is 1. The third kappa shape index (κ3) is 6.94. The lowest BCUT2D eigenvalue weighted by Gasteiger charge is -2.26. The van der Waals surface area contributed by atoms with Gasteiger partial charge in [0.05, 0.1) is 11.4 Å². The van der Waals surface area contributed by atoms with Gasteiger partial charge in [-0.3, -0.25) is 4.90 Å². The van der Waals surface area contributed by atoms with Gasteiger partial charge in [-0.2, -0.15) is 0 Å². The number of pyridine rings is 1. The number of hydrogen-bond acceptors (Lipinski definition) is 8. The minimum Gasteiger partial charge on any atom is -0.480 e. The number of carboxylic acids is 1. The van der Waals surface area contributed by atoms with Crippen molar-refractivity contribution in [1.82, 2.24) is 15.2 Å². The zero-order valence-corrected chi connectivity index (χ0v) is 21.3. The Balaban J connectivity index is 1.79. The predicted octanol–water partition coefficient (Wildman–Crippen LogP) is 3.64. The lowest BCUT2D eigenvalue weighted by molar-refractivity contribution is -0.142. The van der Waals surface area contributed by atoms with Crippen LogP contribution in [0, 0.1) is 5.41 Å². The summed E-state index contributed by atoms with van der Waals surface area (Å²) < 4.78 is 5.41. The summed E-state index contributed by atoms with van der Waals surface area (Å²) in [5.41, 5.74) is 2.48. The maximum absolute atomic E-state index is 12.6. The molecule has 0 spiro atoms. The highest BCUT2D eigenvalue weighted by Gasteiger charge is 2.41. The number of rotatable bonds is 10. The van der Waals surface area contributed by atoms with Gasteiger partial charge in [-0.1, -0.05) is 24.3 Å². The number of ether oxygens (including phenoxy) is 1. The van der Waals surface area contributed by atoms with Gasteiger partial charge in [0.1, 0.15) is 17.5 Å². The molecule has 10 nitrogen and oxygen atoms in total. The topological polar surface area (TPSA) is 140 Å². The quantitative estimate of drug-likeness (QED) is 0.248. The Morgan fingerprint density at radius 2 is 1.97 bits per heavy atom. The van der Waals surface area contributed by atoms with Crippen LogP contribution in [0.2, 0.25) is 0 Å². The van der Waals surface area contributed by atoms with Crippen LogP contribution >= 0.6 is 0 Å². The van der Waals surface area contributed by atoms with E-state index >= 15 is 0 Å². The van der Waals surface area contributed by atoms with E-state index in [1.807, 2.05) is 43.4 Å². The molecule has 0 unspecified atom stereocenters. The standard InChI is InChI=1S/C26H36N6O4/c1-26(2,3)36-25(35)32-16-18(14-21(32)24(33)34)30-22-11-6-10-20(31-22)19-9-5-8-17(15-27)23(19)29-13-7-12-28-4/h5-6,8-11,15,18,21,27-29H,7,12-14,16H2,1-4H3,(H,30,31)(H,33,34)/t18-,21-/m0/s1. The number of likely N-dealkylation sites (tertiary alicyclic amines) is 1. The average Bonchev–Trinajstić information content (AvgIpc) is 3.25. The zero-order valence-electron chi connectivity index (χ0n) is 21.3. The second kappa shape index (κ2) is 11.9. The SMILES string of the molecule is CNCCCNc1c(C=N)cccc1-c1cccc(N[C@H]2C[C@@H](C(=O)O)N(C(=O)OC(C)(C)C)C2)n1. The van der Waals surface area contributed by atoms with E-state index in [0.29, 0.717) is 5.82 Å². The normalized spacial score (nSPS) is 17.5. The summed E-state index contributed by atoms with van der Waals surface area (Å²) in [6.45, 7) is 7.07. The van der Waals surface area contributed by atoms with Gasteiger partial charge in [-0.05, 0) is 52.9 Å². The van der Waals surface area contributed by atoms with Gasteiger partial charge < -0.3 is 31.2 Å². The van der Waals surface area contributed by atoms with Crippen molar-refractivity contribution in [3.05, 3.63) is 42.0 Å². The number of anilines is 2. The van der Waals surface area contributed by atoms with E-state index in [1.54, 1.807) is 20.8 Å². The van der Waals surface area contributed by atoms with E-state index in [0.717, 1.165) is 42.0 Å². The molecule has 0 radical (unpaired) electrons. The molecule has 2 aromatic rings. The van der Waals surface area contributed by atoms with E-state index in [1.165, 1.54) is 11.1 Å². The first-order chi connectivity index (χ1) is 17.1. The monoisotopic (exact) mass is 496 g/mol. The van der Waals surface area contributed by atoms with Crippen molar-refractivity contribution < 1.29 is 19.4 Å². The lowest BCUT2D eigenvalue weighted by Crippen LogP contribution is -2.43. The molecule has 2 atom stereocenters. The van der Waals surface area contributed by atoms with Crippen molar-refractivity contribution in [2.45, 2.75) is 51.3 Å². The molecule has 1 aliphatic rings. The molecule has 36 heavy (non-hydrogen) atoms. The largest absolute Gasteiger partial charge is 0.480 e. The molecule has 2 heterocycles. The van der Waals surface area contributed by atoms with Crippen LogP contribution < -0.4 is 16.0 Å². The molecule has 0 aliphatic carbocycles. The number of para-hydroxylation sites is 1. The van der Waals surface area contributed by atoms with Gasteiger partial charge in [-0.25, -0.2) is 14.6 Å². The summed E-state index contributed by atoms with van der Waals surface area (Å²) in [4.78, 5) is 30.5. The van der Waals surface area contributed by atoms with Crippen LogP contribution in [0.4, 0.5) is 16.3 Å². The number of hydrogen-bond donors (Lipinski definition) is 5. The Labute approximate surface area is 212 Å². The first-order valence-electron chi connectivity index (χ1n) is 12.1. The number of aromatic nitrogens is 1.